The second-order valence-electron chi connectivity index (χ2n) is 3.07. The molecule has 0 unspecified atom stereocenters. The topological polar surface area (TPSA) is 55.1 Å². The van der Waals surface area contributed by atoms with Crippen LogP contribution in [-0.4, -0.2) is 20.9 Å². The molecular formula is C10H14N2O2. The fourth-order valence-corrected chi connectivity index (χ4v) is 1.14. The average Bonchev–Trinajstić information content (AvgIpc) is 2.47. The summed E-state index contributed by atoms with van der Waals surface area (Å²) in [5, 5.41) is 12.8. The molecule has 0 aromatic carbocycles. The molecule has 0 aliphatic rings. The van der Waals surface area contributed by atoms with Gasteiger partial charge in [0.2, 0.25) is 0 Å². The third kappa shape index (κ3) is 2.45. The van der Waals surface area contributed by atoms with Crippen LogP contribution in [-0.2, 0) is 7.05 Å². The van der Waals surface area contributed by atoms with Crippen molar-refractivity contribution in [1.29, 1.82) is 0 Å². The van der Waals surface area contributed by atoms with Gasteiger partial charge in [0.25, 0.3) is 0 Å². The molecule has 0 amide bonds. The van der Waals surface area contributed by atoms with Gasteiger partial charge in [-0.3, -0.25) is 4.68 Å². The molecule has 4 heteroatoms. The monoisotopic (exact) mass is 194 g/mol. The molecule has 14 heavy (non-hydrogen) atoms. The molecule has 0 aliphatic carbocycles. The van der Waals surface area contributed by atoms with Crippen LogP contribution in [0.1, 0.15) is 35.9 Å². The normalized spacial score (nSPS) is 11.0. The first-order chi connectivity index (χ1) is 6.65. The van der Waals surface area contributed by atoms with Crippen molar-refractivity contribution in [1.82, 2.24) is 9.78 Å². The smallest absolute Gasteiger partial charge is 0.354 e. The number of hydrogen-bond donors (Lipinski definition) is 1. The highest BCUT2D eigenvalue weighted by Gasteiger charge is 2.09. The minimum atomic E-state index is -0.949. The summed E-state index contributed by atoms with van der Waals surface area (Å²) < 4.78 is 1.37. The molecule has 0 fully saturated rings. The summed E-state index contributed by atoms with van der Waals surface area (Å²) in [6, 6.07) is 1.56. The van der Waals surface area contributed by atoms with Crippen LogP contribution in [0, 0.1) is 0 Å². The molecule has 1 aromatic rings. The molecule has 4 nitrogen and oxygen atoms in total. The number of carboxylic acids is 1. The highest BCUT2D eigenvalue weighted by molar-refractivity contribution is 5.86. The molecule has 0 spiro atoms. The Morgan fingerprint density at radius 2 is 2.43 bits per heavy atom. The first-order valence-electron chi connectivity index (χ1n) is 4.59. The van der Waals surface area contributed by atoms with Crippen molar-refractivity contribution < 1.29 is 9.90 Å². The highest BCUT2D eigenvalue weighted by atomic mass is 16.4. The van der Waals surface area contributed by atoms with Gasteiger partial charge in [0.15, 0.2) is 0 Å². The van der Waals surface area contributed by atoms with E-state index in [1.54, 1.807) is 13.1 Å². The van der Waals surface area contributed by atoms with E-state index in [0.717, 1.165) is 12.8 Å². The molecule has 1 aromatic heterocycles. The number of aryl methyl sites for hydroxylation is 1. The average molecular weight is 194 g/mol. The van der Waals surface area contributed by atoms with Gasteiger partial charge in [-0.2, -0.15) is 5.10 Å². The van der Waals surface area contributed by atoms with Crippen LogP contribution < -0.4 is 0 Å². The summed E-state index contributed by atoms with van der Waals surface area (Å²) in [6.45, 7) is 2.09. The van der Waals surface area contributed by atoms with Crippen LogP contribution in [0.15, 0.2) is 12.1 Å². The number of aromatic nitrogens is 2. The fraction of sp³-hybridized carbons (Fsp3) is 0.400. The summed E-state index contributed by atoms with van der Waals surface area (Å²) in [5.74, 6) is -0.949. The van der Waals surface area contributed by atoms with Crippen molar-refractivity contribution in [3.8, 4) is 0 Å². The zero-order valence-electron chi connectivity index (χ0n) is 8.40. The lowest BCUT2D eigenvalue weighted by atomic mass is 10.3. The summed E-state index contributed by atoms with van der Waals surface area (Å²) in [6.07, 6.45) is 5.90. The van der Waals surface area contributed by atoms with Gasteiger partial charge in [0.05, 0.1) is 5.69 Å². The maximum Gasteiger partial charge on any atom is 0.354 e. The number of hydrogen-bond acceptors (Lipinski definition) is 2. The molecule has 1 rings (SSSR count). The van der Waals surface area contributed by atoms with Gasteiger partial charge in [-0.05, 0) is 18.6 Å². The summed E-state index contributed by atoms with van der Waals surface area (Å²) in [4.78, 5) is 10.7. The molecular weight excluding hydrogens is 180 g/mol. The van der Waals surface area contributed by atoms with Crippen molar-refractivity contribution in [2.24, 2.45) is 7.05 Å². The first-order valence-corrected chi connectivity index (χ1v) is 4.59. The van der Waals surface area contributed by atoms with Crippen molar-refractivity contribution in [2.45, 2.75) is 19.8 Å². The number of unbranched alkanes of at least 4 members (excludes halogenated alkanes) is 1. The lowest BCUT2D eigenvalue weighted by Gasteiger charge is -1.91. The predicted molar refractivity (Wildman–Crippen MR) is 54.1 cm³/mol. The molecule has 1 heterocycles. The lowest BCUT2D eigenvalue weighted by Crippen LogP contribution is -2.04. The lowest BCUT2D eigenvalue weighted by molar-refractivity contribution is 0.0685. The number of carboxylic acid groups (broad SMARTS) is 1. The number of rotatable bonds is 4. The van der Waals surface area contributed by atoms with E-state index in [9.17, 15) is 4.79 Å². The third-order valence-corrected chi connectivity index (χ3v) is 1.86. The van der Waals surface area contributed by atoms with Gasteiger partial charge >= 0.3 is 5.97 Å². The quantitative estimate of drug-likeness (QED) is 0.796. The minimum absolute atomic E-state index is 0.209. The van der Waals surface area contributed by atoms with Gasteiger partial charge in [0.1, 0.15) is 5.69 Å². The Morgan fingerprint density at radius 3 is 2.93 bits per heavy atom. The number of aromatic carboxylic acids is 1. The summed E-state index contributed by atoms with van der Waals surface area (Å²) in [5.41, 5.74) is 0.902. The molecule has 0 atom stereocenters. The Balaban J connectivity index is 2.81. The minimum Gasteiger partial charge on any atom is -0.477 e. The van der Waals surface area contributed by atoms with Gasteiger partial charge in [-0.1, -0.05) is 19.4 Å². The number of carbonyl (C=O) groups is 1. The Morgan fingerprint density at radius 1 is 1.71 bits per heavy atom. The van der Waals surface area contributed by atoms with E-state index in [4.69, 9.17) is 5.11 Å². The Kier molecular flexibility index (Phi) is 3.45. The van der Waals surface area contributed by atoms with E-state index in [-0.39, 0.29) is 5.69 Å². The summed E-state index contributed by atoms with van der Waals surface area (Å²) >= 11 is 0. The second kappa shape index (κ2) is 4.60. The van der Waals surface area contributed by atoms with Gasteiger partial charge in [-0.15, -0.1) is 0 Å². The first kappa shape index (κ1) is 10.5. The molecule has 1 N–H and O–H groups in total. The fourth-order valence-electron chi connectivity index (χ4n) is 1.14. The van der Waals surface area contributed by atoms with Crippen molar-refractivity contribution in [3.05, 3.63) is 23.5 Å². The largest absolute Gasteiger partial charge is 0.477 e. The Hall–Kier alpha value is -1.58. The maximum atomic E-state index is 10.7. The van der Waals surface area contributed by atoms with Crippen molar-refractivity contribution in [2.75, 3.05) is 0 Å². The van der Waals surface area contributed by atoms with E-state index >= 15 is 0 Å². The van der Waals surface area contributed by atoms with E-state index in [1.807, 2.05) is 12.2 Å². The predicted octanol–water partition coefficient (Wildman–Crippen LogP) is 1.93. The SMILES string of the molecule is CCC/C=C/c1cc(C(=O)O)n(C)n1. The van der Waals surface area contributed by atoms with Crippen LogP contribution in [0.25, 0.3) is 6.08 Å². The van der Waals surface area contributed by atoms with Crippen molar-refractivity contribution in [3.63, 3.8) is 0 Å². The second-order valence-corrected chi connectivity index (χ2v) is 3.07. The zero-order chi connectivity index (χ0) is 10.6. The van der Waals surface area contributed by atoms with Crippen LogP contribution in [0.3, 0.4) is 0 Å². The van der Waals surface area contributed by atoms with Crippen LogP contribution in [0.4, 0.5) is 0 Å². The van der Waals surface area contributed by atoms with Crippen LogP contribution in [0.5, 0.6) is 0 Å². The van der Waals surface area contributed by atoms with E-state index in [1.165, 1.54) is 4.68 Å². The molecule has 0 bridgehead atoms. The van der Waals surface area contributed by atoms with E-state index < -0.39 is 5.97 Å². The van der Waals surface area contributed by atoms with Gasteiger partial charge in [0, 0.05) is 7.05 Å². The van der Waals surface area contributed by atoms with Crippen LogP contribution >= 0.6 is 0 Å². The van der Waals surface area contributed by atoms with Crippen LogP contribution in [0.2, 0.25) is 0 Å². The Labute approximate surface area is 82.9 Å². The third-order valence-electron chi connectivity index (χ3n) is 1.86. The summed E-state index contributed by atoms with van der Waals surface area (Å²) in [7, 11) is 1.63. The van der Waals surface area contributed by atoms with Gasteiger partial charge in [-0.25, -0.2) is 4.79 Å². The van der Waals surface area contributed by atoms with E-state index in [0.29, 0.717) is 5.69 Å². The van der Waals surface area contributed by atoms with Gasteiger partial charge < -0.3 is 5.11 Å². The maximum absolute atomic E-state index is 10.7. The van der Waals surface area contributed by atoms with Crippen molar-refractivity contribution >= 4 is 12.0 Å². The number of allylic oxidation sites excluding steroid dienone is 1. The molecule has 0 saturated heterocycles. The molecule has 0 saturated carbocycles. The standard InChI is InChI=1S/C10H14N2O2/c1-3-4-5-6-8-7-9(10(13)14)12(2)11-8/h5-7H,3-4H2,1-2H3,(H,13,14)/b6-5+. The number of nitrogens with zero attached hydrogens (tertiary/aromatic N) is 2. The molecule has 0 radical (unpaired) electrons. The zero-order valence-corrected chi connectivity index (χ0v) is 8.40. The molecule has 76 valence electrons. The Bertz CT molecular complexity index is 353. The highest BCUT2D eigenvalue weighted by Crippen LogP contribution is 2.05. The van der Waals surface area contributed by atoms with E-state index in [2.05, 4.69) is 12.0 Å². The molecule has 0 aliphatic heterocycles.